The number of allylic oxidation sites excluding steroid dienone is 1. The van der Waals surface area contributed by atoms with Crippen LogP contribution in [0.25, 0.3) is 0 Å². The zero-order valence-electron chi connectivity index (χ0n) is 11.3. The molecule has 1 aliphatic carbocycles. The van der Waals surface area contributed by atoms with Crippen molar-refractivity contribution in [2.75, 3.05) is 13.2 Å². The molecule has 1 heterocycles. The molecule has 1 N–H and O–H groups in total. The number of ether oxygens (including phenoxy) is 1. The number of carbonyl (C=O) groups is 1. The minimum Gasteiger partial charge on any atom is -0.463 e. The van der Waals surface area contributed by atoms with Crippen LogP contribution in [0.5, 0.6) is 0 Å². The first kappa shape index (κ1) is 12.6. The molecule has 96 valence electrons. The van der Waals surface area contributed by atoms with Crippen LogP contribution in [0.3, 0.4) is 0 Å². The number of hydrogen-bond acceptors (Lipinski definition) is 3. The van der Waals surface area contributed by atoms with Gasteiger partial charge in [0.15, 0.2) is 0 Å². The Morgan fingerprint density at radius 2 is 2.18 bits per heavy atom. The largest absolute Gasteiger partial charge is 0.463 e. The second-order valence-electron chi connectivity index (χ2n) is 6.45. The molecule has 0 radical (unpaired) electrons. The van der Waals surface area contributed by atoms with Crippen LogP contribution in [0.1, 0.15) is 40.5 Å². The Bertz CT molecular complexity index is 344. The predicted octanol–water partition coefficient (Wildman–Crippen LogP) is 2.27. The molecule has 2 aliphatic rings. The van der Waals surface area contributed by atoms with Crippen LogP contribution in [0.4, 0.5) is 0 Å². The lowest BCUT2D eigenvalue weighted by Crippen LogP contribution is -2.70. The summed E-state index contributed by atoms with van der Waals surface area (Å²) < 4.78 is 4.93. The highest BCUT2D eigenvalue weighted by Gasteiger charge is 2.56. The second-order valence-corrected chi connectivity index (χ2v) is 6.45. The Hall–Kier alpha value is -0.830. The second kappa shape index (κ2) is 4.13. The van der Waals surface area contributed by atoms with E-state index in [0.29, 0.717) is 23.5 Å². The van der Waals surface area contributed by atoms with Crippen molar-refractivity contribution >= 4 is 5.97 Å². The fourth-order valence-corrected chi connectivity index (χ4v) is 3.35. The molecule has 1 aliphatic heterocycles. The number of nitrogens with one attached hydrogen (secondary N) is 1. The highest BCUT2D eigenvalue weighted by Crippen LogP contribution is 2.55. The van der Waals surface area contributed by atoms with E-state index in [2.05, 4.69) is 26.1 Å². The van der Waals surface area contributed by atoms with Gasteiger partial charge in [-0.15, -0.1) is 0 Å². The van der Waals surface area contributed by atoms with Gasteiger partial charge in [-0.1, -0.05) is 26.3 Å². The molecule has 0 aromatic heterocycles. The van der Waals surface area contributed by atoms with Crippen molar-refractivity contribution in [3.05, 3.63) is 11.6 Å². The molecule has 0 amide bonds. The standard InChI is InChI=1S/C14H23NO2/c1-5-17-11(16)6-10-7-14(8-10)9-15-12(14)13(2,3)4/h6,12,15H,5,7-9H2,1-4H3. The highest BCUT2D eigenvalue weighted by atomic mass is 16.5. The Morgan fingerprint density at radius 3 is 2.59 bits per heavy atom. The fourth-order valence-electron chi connectivity index (χ4n) is 3.35. The molecule has 1 spiro atoms. The summed E-state index contributed by atoms with van der Waals surface area (Å²) >= 11 is 0. The molecule has 2 rings (SSSR count). The van der Waals surface area contributed by atoms with Crippen LogP contribution in [-0.4, -0.2) is 25.2 Å². The van der Waals surface area contributed by atoms with Gasteiger partial charge in [0.1, 0.15) is 0 Å². The van der Waals surface area contributed by atoms with Crippen LogP contribution in [0.2, 0.25) is 0 Å². The zero-order chi connectivity index (χ0) is 12.7. The predicted molar refractivity (Wildman–Crippen MR) is 67.6 cm³/mol. The van der Waals surface area contributed by atoms with E-state index in [9.17, 15) is 4.79 Å². The number of carbonyl (C=O) groups excluding carboxylic acids is 1. The summed E-state index contributed by atoms with van der Waals surface area (Å²) in [5.74, 6) is -0.183. The maximum Gasteiger partial charge on any atom is 0.330 e. The maximum atomic E-state index is 11.3. The molecule has 0 aromatic rings. The van der Waals surface area contributed by atoms with Crippen LogP contribution < -0.4 is 5.32 Å². The van der Waals surface area contributed by atoms with E-state index in [1.54, 1.807) is 6.08 Å². The molecule has 0 aromatic carbocycles. The summed E-state index contributed by atoms with van der Waals surface area (Å²) in [6.45, 7) is 10.2. The topological polar surface area (TPSA) is 38.3 Å². The molecule has 1 atom stereocenters. The molecule has 17 heavy (non-hydrogen) atoms. The maximum absolute atomic E-state index is 11.3. The van der Waals surface area contributed by atoms with Crippen molar-refractivity contribution in [1.29, 1.82) is 0 Å². The van der Waals surface area contributed by atoms with Crippen LogP contribution in [0, 0.1) is 10.8 Å². The minimum absolute atomic E-state index is 0.183. The third-order valence-electron chi connectivity index (χ3n) is 3.90. The first-order valence-corrected chi connectivity index (χ1v) is 6.47. The molecule has 1 saturated carbocycles. The van der Waals surface area contributed by atoms with Crippen LogP contribution in [-0.2, 0) is 9.53 Å². The summed E-state index contributed by atoms with van der Waals surface area (Å²) in [6, 6.07) is 0.578. The van der Waals surface area contributed by atoms with Crippen molar-refractivity contribution < 1.29 is 9.53 Å². The van der Waals surface area contributed by atoms with Crippen molar-refractivity contribution in [1.82, 2.24) is 5.32 Å². The molecule has 1 saturated heterocycles. The summed E-state index contributed by atoms with van der Waals surface area (Å²) in [4.78, 5) is 11.3. The molecule has 3 nitrogen and oxygen atoms in total. The van der Waals surface area contributed by atoms with Gasteiger partial charge in [0, 0.05) is 24.1 Å². The first-order valence-electron chi connectivity index (χ1n) is 6.47. The molecule has 0 bridgehead atoms. The monoisotopic (exact) mass is 237 g/mol. The van der Waals surface area contributed by atoms with Gasteiger partial charge in [-0.25, -0.2) is 4.79 Å². The van der Waals surface area contributed by atoms with Crippen molar-refractivity contribution in [3.8, 4) is 0 Å². The van der Waals surface area contributed by atoms with Crippen molar-refractivity contribution in [3.63, 3.8) is 0 Å². The van der Waals surface area contributed by atoms with Gasteiger partial charge in [0.25, 0.3) is 0 Å². The van der Waals surface area contributed by atoms with E-state index < -0.39 is 0 Å². The lowest BCUT2D eigenvalue weighted by Gasteiger charge is -2.62. The van der Waals surface area contributed by atoms with Gasteiger partial charge < -0.3 is 10.1 Å². The Kier molecular flexibility index (Phi) is 3.06. The average Bonchev–Trinajstić information content (AvgIpc) is 2.05. The van der Waals surface area contributed by atoms with E-state index in [0.717, 1.165) is 19.4 Å². The summed E-state index contributed by atoms with van der Waals surface area (Å²) in [6.07, 6.45) is 3.80. The van der Waals surface area contributed by atoms with E-state index in [1.807, 2.05) is 6.92 Å². The van der Waals surface area contributed by atoms with E-state index in [-0.39, 0.29) is 5.97 Å². The Balaban J connectivity index is 1.92. The number of rotatable bonds is 2. The molecule has 2 fully saturated rings. The van der Waals surface area contributed by atoms with Gasteiger partial charge in [-0.3, -0.25) is 0 Å². The van der Waals surface area contributed by atoms with Gasteiger partial charge in [0.05, 0.1) is 6.61 Å². The van der Waals surface area contributed by atoms with Gasteiger partial charge >= 0.3 is 5.97 Å². The quantitative estimate of drug-likeness (QED) is 0.591. The SMILES string of the molecule is CCOC(=O)C=C1CC2(CNC2C(C)(C)C)C1. The molecule has 3 heteroatoms. The van der Waals surface area contributed by atoms with E-state index >= 15 is 0 Å². The van der Waals surface area contributed by atoms with Crippen LogP contribution in [0.15, 0.2) is 11.6 Å². The number of hydrogen-bond donors (Lipinski definition) is 1. The zero-order valence-corrected chi connectivity index (χ0v) is 11.3. The van der Waals surface area contributed by atoms with Gasteiger partial charge in [0.2, 0.25) is 0 Å². The first-order chi connectivity index (χ1) is 7.87. The van der Waals surface area contributed by atoms with Crippen LogP contribution >= 0.6 is 0 Å². The van der Waals surface area contributed by atoms with E-state index in [4.69, 9.17) is 4.74 Å². The highest BCUT2D eigenvalue weighted by molar-refractivity contribution is 5.83. The third kappa shape index (κ3) is 2.25. The van der Waals surface area contributed by atoms with Crippen molar-refractivity contribution in [2.24, 2.45) is 10.8 Å². The minimum atomic E-state index is -0.183. The third-order valence-corrected chi connectivity index (χ3v) is 3.90. The summed E-state index contributed by atoms with van der Waals surface area (Å²) in [5.41, 5.74) is 1.96. The Labute approximate surface area is 104 Å². The lowest BCUT2D eigenvalue weighted by atomic mass is 9.52. The Morgan fingerprint density at radius 1 is 1.53 bits per heavy atom. The molecular formula is C14H23NO2. The molecule has 1 unspecified atom stereocenters. The van der Waals surface area contributed by atoms with Crippen molar-refractivity contribution in [2.45, 2.75) is 46.6 Å². The van der Waals surface area contributed by atoms with Gasteiger partial charge in [-0.05, 0) is 25.2 Å². The van der Waals surface area contributed by atoms with Gasteiger partial charge in [-0.2, -0.15) is 0 Å². The van der Waals surface area contributed by atoms with E-state index in [1.165, 1.54) is 5.57 Å². The fraction of sp³-hybridized carbons (Fsp3) is 0.786. The normalized spacial score (nSPS) is 31.8. The summed E-state index contributed by atoms with van der Waals surface area (Å²) in [5, 5.41) is 3.53. The lowest BCUT2D eigenvalue weighted by molar-refractivity contribution is -0.137. The molecular weight excluding hydrogens is 214 g/mol. The number of esters is 1. The smallest absolute Gasteiger partial charge is 0.330 e. The average molecular weight is 237 g/mol. The summed E-state index contributed by atoms with van der Waals surface area (Å²) in [7, 11) is 0.